The average Bonchev–Trinajstić information content (AvgIpc) is 2.48. The summed E-state index contributed by atoms with van der Waals surface area (Å²) in [5, 5.41) is 3.96. The van der Waals surface area contributed by atoms with E-state index in [4.69, 9.17) is 5.73 Å². The molecule has 1 heterocycles. The molecular weight excluding hydrogens is 258 g/mol. The molecule has 0 spiro atoms. The number of para-hydroxylation sites is 1. The normalized spacial score (nSPS) is 10.9. The summed E-state index contributed by atoms with van der Waals surface area (Å²) >= 11 is 0. The molecule has 104 valence electrons. The Morgan fingerprint density at radius 1 is 1.15 bits per heavy atom. The molecule has 0 unspecified atom stereocenters. The summed E-state index contributed by atoms with van der Waals surface area (Å²) in [5.41, 5.74) is 8.54. The maximum absolute atomic E-state index is 12.0. The van der Waals surface area contributed by atoms with E-state index in [1.54, 1.807) is 0 Å². The number of rotatable bonds is 3. The van der Waals surface area contributed by atoms with E-state index in [1.165, 1.54) is 24.9 Å². The highest BCUT2D eigenvalue weighted by atomic mass is 16.2. The van der Waals surface area contributed by atoms with E-state index in [0.717, 1.165) is 10.3 Å². The van der Waals surface area contributed by atoms with E-state index >= 15 is 0 Å². The number of anilines is 2. The minimum absolute atomic E-state index is 0.0803. The Morgan fingerprint density at radius 2 is 1.80 bits per heavy atom. The predicted molar refractivity (Wildman–Crippen MR) is 79.0 cm³/mol. The van der Waals surface area contributed by atoms with Gasteiger partial charge in [-0.05, 0) is 12.1 Å². The Kier molecular flexibility index (Phi) is 3.69. The third kappa shape index (κ3) is 2.46. The Morgan fingerprint density at radius 3 is 2.45 bits per heavy atom. The topological polar surface area (TPSA) is 94.4 Å². The minimum atomic E-state index is -0.482. The molecule has 0 aliphatic rings. The molecule has 0 radical (unpaired) electrons. The zero-order valence-corrected chi connectivity index (χ0v) is 11.2. The van der Waals surface area contributed by atoms with Crippen molar-refractivity contribution in [2.45, 2.75) is 0 Å². The molecule has 0 saturated heterocycles. The molecule has 0 saturated carbocycles. The van der Waals surface area contributed by atoms with Crippen LogP contribution < -0.4 is 22.4 Å². The minimum Gasteiger partial charge on any atom is -0.384 e. The van der Waals surface area contributed by atoms with Gasteiger partial charge in [-0.25, -0.2) is 4.79 Å². The van der Waals surface area contributed by atoms with Crippen LogP contribution in [0.15, 0.2) is 45.0 Å². The molecule has 7 nitrogen and oxygen atoms in total. The number of nitrogens with zero attached hydrogens (tertiary/aromatic N) is 3. The van der Waals surface area contributed by atoms with Gasteiger partial charge >= 0.3 is 5.69 Å². The summed E-state index contributed by atoms with van der Waals surface area (Å²) in [5.74, 6) is 0.0803. The molecule has 0 aliphatic heterocycles. The van der Waals surface area contributed by atoms with Crippen molar-refractivity contribution in [3.63, 3.8) is 0 Å². The fraction of sp³-hybridized carbons (Fsp3) is 0.154. The van der Waals surface area contributed by atoms with E-state index < -0.39 is 11.2 Å². The number of hydrogen-bond donors (Lipinski definition) is 2. The van der Waals surface area contributed by atoms with Gasteiger partial charge < -0.3 is 5.73 Å². The molecule has 0 atom stereocenters. The third-order valence-electron chi connectivity index (χ3n) is 2.91. The first-order valence-electron chi connectivity index (χ1n) is 5.92. The first-order valence-corrected chi connectivity index (χ1v) is 5.92. The van der Waals surface area contributed by atoms with Gasteiger partial charge in [0.2, 0.25) is 0 Å². The fourth-order valence-corrected chi connectivity index (χ4v) is 1.69. The van der Waals surface area contributed by atoms with Gasteiger partial charge in [0, 0.05) is 14.1 Å². The van der Waals surface area contributed by atoms with Gasteiger partial charge in [-0.2, -0.15) is 5.10 Å². The van der Waals surface area contributed by atoms with E-state index in [0.29, 0.717) is 0 Å². The van der Waals surface area contributed by atoms with Crippen molar-refractivity contribution >= 4 is 17.7 Å². The number of hydrogen-bond acceptors (Lipinski definition) is 5. The van der Waals surface area contributed by atoms with Crippen LogP contribution in [0.5, 0.6) is 0 Å². The number of nitrogen functional groups attached to an aromatic ring is 1. The zero-order valence-electron chi connectivity index (χ0n) is 11.2. The highest BCUT2D eigenvalue weighted by Crippen LogP contribution is 2.05. The molecule has 0 fully saturated rings. The van der Waals surface area contributed by atoms with Crippen molar-refractivity contribution in [1.29, 1.82) is 0 Å². The van der Waals surface area contributed by atoms with Crippen LogP contribution in [0, 0.1) is 0 Å². The second-order valence-corrected chi connectivity index (χ2v) is 4.24. The number of benzene rings is 1. The fourth-order valence-electron chi connectivity index (χ4n) is 1.69. The number of hydrazone groups is 1. The van der Waals surface area contributed by atoms with Crippen molar-refractivity contribution in [3.8, 4) is 0 Å². The number of nitrogens with two attached hydrogens (primary N) is 1. The quantitative estimate of drug-likeness (QED) is 0.613. The maximum atomic E-state index is 12.0. The highest BCUT2D eigenvalue weighted by Gasteiger charge is 2.10. The lowest BCUT2D eigenvalue weighted by Crippen LogP contribution is -2.40. The molecule has 0 bridgehead atoms. The van der Waals surface area contributed by atoms with Crippen LogP contribution in [0.2, 0.25) is 0 Å². The molecule has 0 amide bonds. The number of aromatic nitrogens is 2. The van der Waals surface area contributed by atoms with Gasteiger partial charge in [0.15, 0.2) is 0 Å². The zero-order chi connectivity index (χ0) is 14.7. The Balaban J connectivity index is 2.35. The van der Waals surface area contributed by atoms with Crippen LogP contribution in [0.3, 0.4) is 0 Å². The van der Waals surface area contributed by atoms with Crippen molar-refractivity contribution in [2.24, 2.45) is 19.2 Å². The monoisotopic (exact) mass is 273 g/mol. The number of nitrogens with one attached hydrogen (secondary N) is 1. The summed E-state index contributed by atoms with van der Waals surface area (Å²) in [4.78, 5) is 23.6. The second kappa shape index (κ2) is 5.43. The van der Waals surface area contributed by atoms with Gasteiger partial charge in [0.1, 0.15) is 11.4 Å². The molecule has 2 rings (SSSR count). The standard InChI is InChI=1S/C13H15N5O2/c1-17-11(14)10(12(19)18(2)13(17)20)8-15-16-9-6-4-3-5-7-9/h3-8,16H,14H2,1-2H3/b15-8-. The highest BCUT2D eigenvalue weighted by molar-refractivity contribution is 5.85. The van der Waals surface area contributed by atoms with Crippen LogP contribution in [0.1, 0.15) is 5.56 Å². The molecule has 1 aromatic carbocycles. The maximum Gasteiger partial charge on any atom is 0.332 e. The van der Waals surface area contributed by atoms with Crippen LogP contribution in [-0.2, 0) is 14.1 Å². The predicted octanol–water partition coefficient (Wildman–Crippen LogP) is 0.112. The van der Waals surface area contributed by atoms with E-state index in [-0.39, 0.29) is 11.4 Å². The molecular formula is C13H15N5O2. The lowest BCUT2D eigenvalue weighted by atomic mass is 10.3. The van der Waals surface area contributed by atoms with Crippen LogP contribution in [0.4, 0.5) is 11.5 Å². The molecule has 3 N–H and O–H groups in total. The van der Waals surface area contributed by atoms with Crippen molar-refractivity contribution in [3.05, 3.63) is 56.7 Å². The first-order chi connectivity index (χ1) is 9.52. The molecule has 0 aliphatic carbocycles. The molecule has 20 heavy (non-hydrogen) atoms. The molecule has 7 heteroatoms. The summed E-state index contributed by atoms with van der Waals surface area (Å²) in [6, 6.07) is 9.27. The van der Waals surface area contributed by atoms with Crippen LogP contribution in [-0.4, -0.2) is 15.3 Å². The Hall–Kier alpha value is -2.83. The van der Waals surface area contributed by atoms with E-state index in [9.17, 15) is 9.59 Å². The van der Waals surface area contributed by atoms with Crippen LogP contribution >= 0.6 is 0 Å². The largest absolute Gasteiger partial charge is 0.384 e. The SMILES string of the molecule is Cn1c(N)c(/C=N\Nc2ccccc2)c(=O)n(C)c1=O. The summed E-state index contributed by atoms with van der Waals surface area (Å²) in [6.07, 6.45) is 1.31. The van der Waals surface area contributed by atoms with Crippen molar-refractivity contribution in [1.82, 2.24) is 9.13 Å². The third-order valence-corrected chi connectivity index (χ3v) is 2.91. The van der Waals surface area contributed by atoms with Gasteiger partial charge in [0.05, 0.1) is 11.9 Å². The Bertz CT molecular complexity index is 759. The average molecular weight is 273 g/mol. The van der Waals surface area contributed by atoms with Crippen LogP contribution in [0.25, 0.3) is 0 Å². The summed E-state index contributed by atoms with van der Waals surface area (Å²) in [6.45, 7) is 0. The van der Waals surface area contributed by atoms with Gasteiger partial charge in [-0.3, -0.25) is 19.4 Å². The van der Waals surface area contributed by atoms with Gasteiger partial charge in [-0.1, -0.05) is 18.2 Å². The van der Waals surface area contributed by atoms with Gasteiger partial charge in [0.25, 0.3) is 5.56 Å². The Labute approximate surface area is 115 Å². The molecule has 1 aromatic heterocycles. The second-order valence-electron chi connectivity index (χ2n) is 4.24. The first kappa shape index (κ1) is 13.6. The summed E-state index contributed by atoms with van der Waals surface area (Å²) < 4.78 is 2.19. The molecule has 2 aromatic rings. The van der Waals surface area contributed by atoms with E-state index in [1.807, 2.05) is 30.3 Å². The lowest BCUT2D eigenvalue weighted by molar-refractivity contribution is 0.692. The van der Waals surface area contributed by atoms with Crippen molar-refractivity contribution in [2.75, 3.05) is 11.2 Å². The lowest BCUT2D eigenvalue weighted by Gasteiger charge is -2.08. The summed E-state index contributed by atoms with van der Waals surface area (Å²) in [7, 11) is 2.89. The van der Waals surface area contributed by atoms with Gasteiger partial charge in [-0.15, -0.1) is 0 Å². The van der Waals surface area contributed by atoms with Crippen molar-refractivity contribution < 1.29 is 0 Å². The smallest absolute Gasteiger partial charge is 0.332 e. The van der Waals surface area contributed by atoms with E-state index in [2.05, 4.69) is 10.5 Å².